The molecule has 5 rings (SSSR count). The number of aryl methyl sites for hydroxylation is 1. The Hall–Kier alpha value is -3.99. The van der Waals surface area contributed by atoms with Gasteiger partial charge in [0.2, 0.25) is 0 Å². The maximum atomic E-state index is 13.4. The Morgan fingerprint density at radius 1 is 1.11 bits per heavy atom. The van der Waals surface area contributed by atoms with Crippen molar-refractivity contribution in [1.29, 1.82) is 0 Å². The SMILES string of the molecule is C=C(OC)C1OC1C(=O)NCC(=O)CCc1ccc(N)cc1C(=O)N[C@H](C)c1cccc(-c2ccc(CN3CCCC3)s2)c1. The molecule has 0 bridgehead atoms. The van der Waals surface area contributed by atoms with Gasteiger partial charge in [-0.1, -0.05) is 30.8 Å². The second-order valence-electron chi connectivity index (χ2n) is 11.4. The number of rotatable bonds is 14. The van der Waals surface area contributed by atoms with E-state index in [0.29, 0.717) is 29.0 Å². The van der Waals surface area contributed by atoms with Gasteiger partial charge in [0.25, 0.3) is 11.8 Å². The van der Waals surface area contributed by atoms with Crippen molar-refractivity contribution in [3.63, 3.8) is 0 Å². The highest BCUT2D eigenvalue weighted by Crippen LogP contribution is 2.31. The van der Waals surface area contributed by atoms with E-state index in [9.17, 15) is 14.4 Å². The number of carbonyl (C=O) groups is 3. The molecule has 3 heterocycles. The largest absolute Gasteiger partial charge is 0.499 e. The van der Waals surface area contributed by atoms with E-state index in [-0.39, 0.29) is 36.6 Å². The summed E-state index contributed by atoms with van der Waals surface area (Å²) in [5, 5.41) is 5.71. The number of nitrogens with one attached hydrogen (secondary N) is 2. The second-order valence-corrected chi connectivity index (χ2v) is 12.6. The van der Waals surface area contributed by atoms with E-state index < -0.39 is 12.2 Å². The lowest BCUT2D eigenvalue weighted by Crippen LogP contribution is -2.34. The second kappa shape index (κ2) is 14.2. The topological polar surface area (TPSA) is 126 Å². The summed E-state index contributed by atoms with van der Waals surface area (Å²) in [5.41, 5.74) is 9.77. The molecule has 2 saturated heterocycles. The van der Waals surface area contributed by atoms with Gasteiger partial charge in [0.15, 0.2) is 18.0 Å². The number of thiophene rings is 1. The monoisotopic (exact) mass is 616 g/mol. The van der Waals surface area contributed by atoms with Crippen LogP contribution in [0.2, 0.25) is 0 Å². The highest BCUT2D eigenvalue weighted by Gasteiger charge is 2.47. The fraction of sp³-hybridized carbons (Fsp3) is 0.382. The van der Waals surface area contributed by atoms with Crippen LogP contribution in [0.1, 0.15) is 58.6 Å². The number of methoxy groups -OCH3 is 1. The molecule has 2 aliphatic rings. The van der Waals surface area contributed by atoms with Crippen LogP contribution in [-0.4, -0.2) is 61.4 Å². The number of hydrogen-bond acceptors (Lipinski definition) is 8. The quantitative estimate of drug-likeness (QED) is 0.137. The molecular weight excluding hydrogens is 576 g/mol. The zero-order valence-electron chi connectivity index (χ0n) is 25.3. The number of amides is 2. The molecule has 2 unspecified atom stereocenters. The summed E-state index contributed by atoms with van der Waals surface area (Å²) in [6, 6.07) is 17.5. The van der Waals surface area contributed by atoms with Crippen molar-refractivity contribution in [3.8, 4) is 10.4 Å². The summed E-state index contributed by atoms with van der Waals surface area (Å²) in [6.45, 7) is 8.86. The Morgan fingerprint density at radius 2 is 1.91 bits per heavy atom. The number of nitrogens with two attached hydrogens (primary N) is 1. The van der Waals surface area contributed by atoms with Gasteiger partial charge in [0.1, 0.15) is 5.76 Å². The molecule has 2 aliphatic heterocycles. The Bertz CT molecular complexity index is 1530. The number of ether oxygens (including phenoxy) is 2. The maximum absolute atomic E-state index is 13.4. The van der Waals surface area contributed by atoms with Crippen molar-refractivity contribution in [1.82, 2.24) is 15.5 Å². The predicted octanol–water partition coefficient (Wildman–Crippen LogP) is 4.63. The van der Waals surface area contributed by atoms with Crippen LogP contribution >= 0.6 is 11.3 Å². The van der Waals surface area contributed by atoms with Crippen LogP contribution in [0, 0.1) is 0 Å². The number of hydrogen-bond donors (Lipinski definition) is 3. The first kappa shape index (κ1) is 31.4. The van der Waals surface area contributed by atoms with Crippen molar-refractivity contribution in [2.24, 2.45) is 0 Å². The first-order chi connectivity index (χ1) is 21.2. The fourth-order valence-electron chi connectivity index (χ4n) is 5.44. The summed E-state index contributed by atoms with van der Waals surface area (Å²) < 4.78 is 10.2. The minimum atomic E-state index is -0.687. The standard InChI is InChI=1S/C34H40N4O5S/c1-21(24-7-6-8-25(17-24)30-14-13-28(44-30)20-38-15-4-5-16-38)37-33(40)29-18-26(35)11-9-23(29)10-12-27(39)19-36-34(41)32-31(43-32)22(2)42-3/h6-9,11,13-14,17-18,21,31-32H,2,4-5,10,12,15-16,19-20,35H2,1,3H3,(H,36,41)(H,37,40)/t21-,31?,32?/m1/s1. The summed E-state index contributed by atoms with van der Waals surface area (Å²) in [7, 11) is 1.46. The van der Waals surface area contributed by atoms with Gasteiger partial charge < -0.3 is 25.8 Å². The number of ketones is 1. The van der Waals surface area contributed by atoms with Gasteiger partial charge >= 0.3 is 0 Å². The number of benzene rings is 2. The zero-order valence-corrected chi connectivity index (χ0v) is 26.1. The number of epoxide rings is 1. The van der Waals surface area contributed by atoms with Crippen molar-refractivity contribution in [2.75, 3.05) is 32.5 Å². The van der Waals surface area contributed by atoms with Crippen molar-refractivity contribution in [2.45, 2.75) is 57.4 Å². The first-order valence-electron chi connectivity index (χ1n) is 15.0. The summed E-state index contributed by atoms with van der Waals surface area (Å²) in [5.74, 6) is -0.428. The van der Waals surface area contributed by atoms with Crippen LogP contribution in [0.15, 0.2) is 66.9 Å². The smallest absolute Gasteiger partial charge is 0.252 e. The Morgan fingerprint density at radius 3 is 2.68 bits per heavy atom. The summed E-state index contributed by atoms with van der Waals surface area (Å²) >= 11 is 1.82. The van der Waals surface area contributed by atoms with Gasteiger partial charge in [-0.2, -0.15) is 0 Å². The van der Waals surface area contributed by atoms with Crippen molar-refractivity contribution < 1.29 is 23.9 Å². The van der Waals surface area contributed by atoms with Crippen LogP contribution in [-0.2, 0) is 32.0 Å². The molecular formula is C34H40N4O5S. The molecule has 0 saturated carbocycles. The first-order valence-corrected chi connectivity index (χ1v) is 15.8. The summed E-state index contributed by atoms with van der Waals surface area (Å²) in [4.78, 5) is 43.3. The molecule has 3 atom stereocenters. The van der Waals surface area contributed by atoms with E-state index in [0.717, 1.165) is 17.7 Å². The highest BCUT2D eigenvalue weighted by atomic mass is 32.1. The molecule has 44 heavy (non-hydrogen) atoms. The van der Waals surface area contributed by atoms with E-state index in [1.54, 1.807) is 18.2 Å². The average Bonchev–Trinajstić information content (AvgIpc) is 3.40. The van der Waals surface area contributed by atoms with Crippen LogP contribution in [0.3, 0.4) is 0 Å². The van der Waals surface area contributed by atoms with E-state index >= 15 is 0 Å². The van der Waals surface area contributed by atoms with Gasteiger partial charge in [0.05, 0.1) is 19.7 Å². The molecule has 2 amide bonds. The molecule has 2 fully saturated rings. The molecule has 0 aliphatic carbocycles. The molecule has 10 heteroatoms. The number of nitrogens with zero attached hydrogens (tertiary/aromatic N) is 1. The number of anilines is 1. The maximum Gasteiger partial charge on any atom is 0.252 e. The Kier molecular flexibility index (Phi) is 10.1. The minimum Gasteiger partial charge on any atom is -0.499 e. The number of Topliss-reactive ketones (excluding diaryl/α,β-unsaturated/α-hetero) is 1. The lowest BCUT2D eigenvalue weighted by molar-refractivity contribution is -0.125. The van der Waals surface area contributed by atoms with E-state index in [1.807, 2.05) is 30.4 Å². The van der Waals surface area contributed by atoms with E-state index in [4.69, 9.17) is 15.2 Å². The van der Waals surface area contributed by atoms with Gasteiger partial charge in [-0.3, -0.25) is 19.3 Å². The van der Waals surface area contributed by atoms with Gasteiger partial charge in [0, 0.05) is 34.0 Å². The molecule has 0 radical (unpaired) electrons. The molecule has 232 valence electrons. The molecule has 0 spiro atoms. The normalized spacial score (nSPS) is 18.4. The minimum absolute atomic E-state index is 0.126. The zero-order chi connectivity index (χ0) is 31.2. The van der Waals surface area contributed by atoms with Gasteiger partial charge in [-0.15, -0.1) is 11.3 Å². The van der Waals surface area contributed by atoms with Crippen LogP contribution in [0.5, 0.6) is 0 Å². The van der Waals surface area contributed by atoms with Gasteiger partial charge in [-0.25, -0.2) is 0 Å². The van der Waals surface area contributed by atoms with Gasteiger partial charge in [-0.05, 0) is 86.3 Å². The van der Waals surface area contributed by atoms with Crippen molar-refractivity contribution >= 4 is 34.6 Å². The van der Waals surface area contributed by atoms with Crippen LogP contribution in [0.25, 0.3) is 10.4 Å². The third-order valence-corrected chi connectivity index (χ3v) is 9.22. The Balaban J connectivity index is 1.16. The predicted molar refractivity (Wildman–Crippen MR) is 172 cm³/mol. The van der Waals surface area contributed by atoms with Crippen LogP contribution < -0.4 is 16.4 Å². The molecule has 3 aromatic rings. The number of likely N-dealkylation sites (tertiary alicyclic amines) is 1. The number of nitrogen functional groups attached to an aromatic ring is 1. The molecule has 1 aromatic heterocycles. The lowest BCUT2D eigenvalue weighted by Gasteiger charge is -2.17. The lowest BCUT2D eigenvalue weighted by atomic mass is 9.99. The van der Waals surface area contributed by atoms with E-state index in [1.165, 1.54) is 42.8 Å². The van der Waals surface area contributed by atoms with Crippen LogP contribution in [0.4, 0.5) is 5.69 Å². The third-order valence-electron chi connectivity index (χ3n) is 8.10. The third kappa shape index (κ3) is 7.93. The van der Waals surface area contributed by atoms with E-state index in [2.05, 4.69) is 46.4 Å². The molecule has 2 aromatic carbocycles. The molecule has 9 nitrogen and oxygen atoms in total. The summed E-state index contributed by atoms with van der Waals surface area (Å²) in [6.07, 6.45) is 1.88. The number of carbonyl (C=O) groups excluding carboxylic acids is 3. The van der Waals surface area contributed by atoms with Crippen molar-refractivity contribution in [3.05, 3.63) is 88.5 Å². The highest BCUT2D eigenvalue weighted by molar-refractivity contribution is 7.15. The average molecular weight is 617 g/mol. The Labute approximate surface area is 262 Å². The fourth-order valence-corrected chi connectivity index (χ4v) is 6.49. The molecule has 4 N–H and O–H groups in total.